The predicted molar refractivity (Wildman–Crippen MR) is 140 cm³/mol. The van der Waals surface area contributed by atoms with Gasteiger partial charge in [0, 0.05) is 17.0 Å². The summed E-state index contributed by atoms with van der Waals surface area (Å²) in [5, 5.41) is 0. The van der Waals surface area contributed by atoms with Crippen LogP contribution in [0.15, 0.2) is 120 Å². The lowest BCUT2D eigenvalue weighted by molar-refractivity contribution is -0.120. The first-order valence-corrected chi connectivity index (χ1v) is 12.5. The third-order valence-corrected chi connectivity index (χ3v) is 8.22. The molecule has 1 unspecified atom stereocenters. The molecule has 2 aliphatic heterocycles. The van der Waals surface area contributed by atoms with Crippen molar-refractivity contribution >= 4 is 29.1 Å². The molecule has 2 heterocycles. The summed E-state index contributed by atoms with van der Waals surface area (Å²) in [6.07, 6.45) is 0. The maximum atomic E-state index is 14.7. The molecule has 0 aliphatic carbocycles. The number of anilines is 1. The number of carbonyl (C=O) groups excluding carboxylic acids is 1. The Balaban J connectivity index is 1.74. The number of nitrogens with zero attached hydrogens (tertiary/aromatic N) is 2. The lowest BCUT2D eigenvalue weighted by Crippen LogP contribution is -2.52. The summed E-state index contributed by atoms with van der Waals surface area (Å²) in [6, 6.07) is 39.2. The summed E-state index contributed by atoms with van der Waals surface area (Å²) in [5.41, 5.74) is 5.14. The highest BCUT2D eigenvalue weighted by Gasteiger charge is 2.60. The van der Waals surface area contributed by atoms with E-state index in [0.717, 1.165) is 39.4 Å². The van der Waals surface area contributed by atoms with E-state index in [1.54, 1.807) is 11.8 Å². The maximum Gasteiger partial charge on any atom is 0.271 e. The molecule has 0 saturated heterocycles. The normalized spacial score (nSPS) is 19.4. The molecular formula is C30H24N2OS. The summed E-state index contributed by atoms with van der Waals surface area (Å²) in [6.45, 7) is 2.01. The second-order valence-corrected chi connectivity index (χ2v) is 9.91. The number of hydrogen-bond acceptors (Lipinski definition) is 3. The van der Waals surface area contributed by atoms with E-state index in [1.165, 1.54) is 0 Å². The summed E-state index contributed by atoms with van der Waals surface area (Å²) in [7, 11) is 0. The highest BCUT2D eigenvalue weighted by Crippen LogP contribution is 2.58. The van der Waals surface area contributed by atoms with E-state index in [0.29, 0.717) is 0 Å². The van der Waals surface area contributed by atoms with E-state index in [9.17, 15) is 4.79 Å². The lowest BCUT2D eigenvalue weighted by Gasteiger charge is -2.44. The third kappa shape index (κ3) is 2.85. The molecule has 4 aromatic rings. The van der Waals surface area contributed by atoms with Gasteiger partial charge in [-0.1, -0.05) is 109 Å². The lowest BCUT2D eigenvalue weighted by atomic mass is 9.75. The van der Waals surface area contributed by atoms with Gasteiger partial charge in [-0.05, 0) is 29.7 Å². The topological polar surface area (TPSA) is 32.7 Å². The molecule has 0 radical (unpaired) electrons. The van der Waals surface area contributed by atoms with Gasteiger partial charge in [-0.15, -0.1) is 11.8 Å². The Kier molecular flexibility index (Phi) is 4.93. The number of para-hydroxylation sites is 1. The SMILES string of the molecule is CC1=NC2(SC1)C(=O)N(C(c1ccccc1)(c1ccccc1)c1ccccc1)c1ccccc12. The fourth-order valence-corrected chi connectivity index (χ4v) is 6.63. The minimum atomic E-state index is -0.940. The van der Waals surface area contributed by atoms with Gasteiger partial charge in [0.15, 0.2) is 0 Å². The average molecular weight is 461 g/mol. The summed E-state index contributed by atoms with van der Waals surface area (Å²) >= 11 is 1.62. The van der Waals surface area contributed by atoms with Crippen LogP contribution < -0.4 is 4.90 Å². The Morgan fingerprint density at radius 2 is 1.21 bits per heavy atom. The van der Waals surface area contributed by atoms with Gasteiger partial charge in [0.2, 0.25) is 4.87 Å². The molecule has 34 heavy (non-hydrogen) atoms. The van der Waals surface area contributed by atoms with E-state index < -0.39 is 10.4 Å². The standard InChI is InChI=1S/C30H24N2OS/c1-22-21-34-30(31-22)26-19-11-12-20-27(26)32(28(30)33)29(23-13-5-2-6-14-23,24-15-7-3-8-16-24)25-17-9-4-10-18-25/h2-20H,21H2,1H3. The zero-order valence-corrected chi connectivity index (χ0v) is 19.7. The number of rotatable bonds is 4. The van der Waals surface area contributed by atoms with Crippen LogP contribution in [0.3, 0.4) is 0 Å². The highest BCUT2D eigenvalue weighted by molar-refractivity contribution is 8.02. The number of thioether (sulfide) groups is 1. The van der Waals surface area contributed by atoms with E-state index in [2.05, 4.69) is 48.5 Å². The number of benzene rings is 4. The van der Waals surface area contributed by atoms with Crippen molar-refractivity contribution in [1.82, 2.24) is 0 Å². The molecule has 1 atom stereocenters. The predicted octanol–water partition coefficient (Wildman–Crippen LogP) is 6.39. The largest absolute Gasteiger partial charge is 0.290 e. The molecule has 0 N–H and O–H groups in total. The van der Waals surface area contributed by atoms with E-state index in [-0.39, 0.29) is 5.91 Å². The Hall–Kier alpha value is -3.63. The van der Waals surface area contributed by atoms with Gasteiger partial charge < -0.3 is 0 Å². The quantitative estimate of drug-likeness (QED) is 0.331. The molecule has 0 bridgehead atoms. The van der Waals surface area contributed by atoms with Gasteiger partial charge in [0.1, 0.15) is 5.54 Å². The Morgan fingerprint density at radius 3 is 1.68 bits per heavy atom. The van der Waals surface area contributed by atoms with Crippen molar-refractivity contribution in [3.63, 3.8) is 0 Å². The highest BCUT2D eigenvalue weighted by atomic mass is 32.2. The van der Waals surface area contributed by atoms with Gasteiger partial charge in [-0.2, -0.15) is 0 Å². The number of carbonyl (C=O) groups is 1. The molecule has 1 spiro atoms. The fraction of sp³-hybridized carbons (Fsp3) is 0.133. The molecule has 166 valence electrons. The zero-order chi connectivity index (χ0) is 23.2. The zero-order valence-electron chi connectivity index (χ0n) is 18.9. The summed E-state index contributed by atoms with van der Waals surface area (Å²) in [4.78, 5) is 20.7. The minimum absolute atomic E-state index is 0.00658. The van der Waals surface area contributed by atoms with Crippen LogP contribution in [0.5, 0.6) is 0 Å². The second-order valence-electron chi connectivity index (χ2n) is 8.75. The van der Waals surface area contributed by atoms with Crippen molar-refractivity contribution in [2.45, 2.75) is 17.3 Å². The van der Waals surface area contributed by atoms with Crippen molar-refractivity contribution in [3.05, 3.63) is 138 Å². The number of aliphatic imine (C=N–C) groups is 1. The Labute approximate surface area is 204 Å². The van der Waals surface area contributed by atoms with E-state index in [1.807, 2.05) is 78.6 Å². The molecular weight excluding hydrogens is 436 g/mol. The summed E-state index contributed by atoms with van der Waals surface area (Å²) in [5.74, 6) is 0.759. The first-order chi connectivity index (χ1) is 16.7. The fourth-order valence-electron chi connectivity index (χ4n) is 5.38. The van der Waals surface area contributed by atoms with Gasteiger partial charge in [0.25, 0.3) is 5.91 Å². The van der Waals surface area contributed by atoms with Crippen molar-refractivity contribution in [3.8, 4) is 0 Å². The van der Waals surface area contributed by atoms with Crippen molar-refractivity contribution < 1.29 is 4.79 Å². The molecule has 6 rings (SSSR count). The second kappa shape index (κ2) is 8.00. The van der Waals surface area contributed by atoms with Crippen LogP contribution in [0.2, 0.25) is 0 Å². The molecule has 4 aromatic carbocycles. The molecule has 2 aliphatic rings. The third-order valence-electron chi connectivity index (χ3n) is 6.75. The van der Waals surface area contributed by atoms with Gasteiger partial charge >= 0.3 is 0 Å². The van der Waals surface area contributed by atoms with Crippen LogP contribution in [0.1, 0.15) is 29.2 Å². The van der Waals surface area contributed by atoms with Crippen LogP contribution in [0.4, 0.5) is 5.69 Å². The molecule has 1 amide bonds. The summed E-state index contributed by atoms with van der Waals surface area (Å²) < 4.78 is 0. The molecule has 0 aromatic heterocycles. The van der Waals surface area contributed by atoms with Crippen molar-refractivity contribution in [2.24, 2.45) is 4.99 Å². The average Bonchev–Trinajstić information content (AvgIpc) is 3.41. The van der Waals surface area contributed by atoms with Crippen LogP contribution in [0.25, 0.3) is 0 Å². The van der Waals surface area contributed by atoms with Gasteiger partial charge in [-0.25, -0.2) is 0 Å². The molecule has 0 fully saturated rings. The first kappa shape index (κ1) is 20.9. The minimum Gasteiger partial charge on any atom is -0.290 e. The van der Waals surface area contributed by atoms with E-state index >= 15 is 0 Å². The number of hydrogen-bond donors (Lipinski definition) is 0. The first-order valence-electron chi connectivity index (χ1n) is 11.5. The van der Waals surface area contributed by atoms with Crippen molar-refractivity contribution in [1.29, 1.82) is 0 Å². The molecule has 0 saturated carbocycles. The van der Waals surface area contributed by atoms with Crippen LogP contribution in [-0.2, 0) is 15.2 Å². The molecule has 4 heteroatoms. The van der Waals surface area contributed by atoms with Crippen LogP contribution in [-0.4, -0.2) is 17.4 Å². The maximum absolute atomic E-state index is 14.7. The van der Waals surface area contributed by atoms with Gasteiger partial charge in [0.05, 0.1) is 5.69 Å². The van der Waals surface area contributed by atoms with Gasteiger partial charge in [-0.3, -0.25) is 14.7 Å². The van der Waals surface area contributed by atoms with E-state index in [4.69, 9.17) is 4.99 Å². The monoisotopic (exact) mass is 460 g/mol. The Bertz CT molecular complexity index is 1290. The smallest absolute Gasteiger partial charge is 0.271 e. The number of amides is 1. The van der Waals surface area contributed by atoms with Crippen molar-refractivity contribution in [2.75, 3.05) is 10.7 Å². The Morgan fingerprint density at radius 1 is 0.735 bits per heavy atom. The van der Waals surface area contributed by atoms with Crippen LogP contribution in [0, 0.1) is 0 Å². The van der Waals surface area contributed by atoms with Crippen LogP contribution >= 0.6 is 11.8 Å². The number of fused-ring (bicyclic) bond motifs is 2. The molecule has 3 nitrogen and oxygen atoms in total.